The maximum absolute atomic E-state index is 10.9. The topological polar surface area (TPSA) is 59.6 Å². The highest BCUT2D eigenvalue weighted by molar-refractivity contribution is 7.80. The average molecular weight is 479 g/mol. The number of hydrogen-bond donors (Lipinski definition) is 2. The molecule has 0 aromatic heterocycles. The first-order chi connectivity index (χ1) is 14.9. The molecule has 1 spiro atoms. The van der Waals surface area contributed by atoms with E-state index in [9.17, 15) is 4.79 Å². The Hall–Kier alpha value is -1.86. The van der Waals surface area contributed by atoms with E-state index in [1.165, 1.54) is 5.56 Å². The number of halogens is 2. The summed E-state index contributed by atoms with van der Waals surface area (Å²) in [4.78, 5) is 10.9. The second-order valence-electron chi connectivity index (χ2n) is 8.21. The quantitative estimate of drug-likeness (QED) is 0.433. The SMILES string of the molecule is COC1CCC2(CC1)Cc1ccc(Oc3cc(Cl)cc(Cl)c3)cc1C2NC(=S)NC=O. The van der Waals surface area contributed by atoms with Gasteiger partial charge < -0.3 is 20.1 Å². The Bertz CT molecular complexity index is 973. The van der Waals surface area contributed by atoms with Crippen LogP contribution in [-0.2, 0) is 16.0 Å². The summed E-state index contributed by atoms with van der Waals surface area (Å²) in [7, 11) is 1.77. The van der Waals surface area contributed by atoms with Crippen molar-refractivity contribution in [2.75, 3.05) is 7.11 Å². The van der Waals surface area contributed by atoms with Crippen LogP contribution in [0.2, 0.25) is 10.0 Å². The molecule has 0 aliphatic heterocycles. The third kappa shape index (κ3) is 4.82. The van der Waals surface area contributed by atoms with Gasteiger partial charge in [-0.3, -0.25) is 4.79 Å². The lowest BCUT2D eigenvalue weighted by Gasteiger charge is -2.42. The fourth-order valence-corrected chi connectivity index (χ4v) is 5.60. The van der Waals surface area contributed by atoms with E-state index in [2.05, 4.69) is 16.7 Å². The van der Waals surface area contributed by atoms with E-state index in [1.54, 1.807) is 25.3 Å². The number of methoxy groups -OCH3 is 1. The minimum Gasteiger partial charge on any atom is -0.457 e. The van der Waals surface area contributed by atoms with Gasteiger partial charge in [0.25, 0.3) is 0 Å². The second kappa shape index (κ2) is 9.33. The average Bonchev–Trinajstić information content (AvgIpc) is 3.00. The van der Waals surface area contributed by atoms with Crippen LogP contribution in [0.1, 0.15) is 42.9 Å². The number of carbonyl (C=O) groups excluding carboxylic acids is 1. The lowest BCUT2D eigenvalue weighted by Crippen LogP contribution is -2.45. The second-order valence-corrected chi connectivity index (χ2v) is 9.49. The third-order valence-electron chi connectivity index (χ3n) is 6.38. The molecule has 0 heterocycles. The molecule has 2 aliphatic rings. The summed E-state index contributed by atoms with van der Waals surface area (Å²) in [6.45, 7) is 0. The fraction of sp³-hybridized carbons (Fsp3) is 0.391. The minimum atomic E-state index is -0.0215. The molecule has 1 saturated carbocycles. The van der Waals surface area contributed by atoms with Gasteiger partial charge in [0.05, 0.1) is 12.1 Å². The molecule has 4 rings (SSSR count). The molecule has 0 radical (unpaired) electrons. The van der Waals surface area contributed by atoms with Gasteiger partial charge in [0, 0.05) is 17.2 Å². The number of nitrogens with one attached hydrogen (secondary N) is 2. The van der Waals surface area contributed by atoms with Gasteiger partial charge in [-0.2, -0.15) is 0 Å². The molecular weight excluding hydrogens is 455 g/mol. The standard InChI is InChI=1S/C23H24Cl2N2O3S/c1-29-17-4-6-23(7-5-17)12-14-2-3-18(30-19-9-15(24)8-16(25)10-19)11-20(14)21(23)27-22(31)26-13-28/h2-3,8-11,13,17,21H,4-7,12H2,1H3,(H2,26,27,28,31). The number of benzene rings is 2. The van der Waals surface area contributed by atoms with Gasteiger partial charge >= 0.3 is 0 Å². The van der Waals surface area contributed by atoms with Gasteiger partial charge in [0.1, 0.15) is 11.5 Å². The highest BCUT2D eigenvalue weighted by atomic mass is 35.5. The third-order valence-corrected chi connectivity index (χ3v) is 7.05. The Morgan fingerprint density at radius 1 is 1.13 bits per heavy atom. The van der Waals surface area contributed by atoms with E-state index < -0.39 is 0 Å². The van der Waals surface area contributed by atoms with E-state index in [-0.39, 0.29) is 11.5 Å². The van der Waals surface area contributed by atoms with Gasteiger partial charge in [0.2, 0.25) is 6.41 Å². The van der Waals surface area contributed by atoms with Crippen LogP contribution in [0.3, 0.4) is 0 Å². The Balaban J connectivity index is 1.64. The zero-order chi connectivity index (χ0) is 22.0. The monoisotopic (exact) mass is 478 g/mol. The minimum absolute atomic E-state index is 0.0178. The van der Waals surface area contributed by atoms with Crippen molar-refractivity contribution in [3.8, 4) is 11.5 Å². The van der Waals surface area contributed by atoms with E-state index >= 15 is 0 Å². The number of ether oxygens (including phenoxy) is 2. The van der Waals surface area contributed by atoms with Gasteiger partial charge in [-0.05, 0) is 91.2 Å². The van der Waals surface area contributed by atoms with E-state index in [0.717, 1.165) is 37.7 Å². The molecule has 164 valence electrons. The van der Waals surface area contributed by atoms with Crippen molar-refractivity contribution in [1.82, 2.24) is 10.6 Å². The van der Waals surface area contributed by atoms with Crippen LogP contribution in [0.5, 0.6) is 11.5 Å². The molecule has 1 atom stereocenters. The zero-order valence-corrected chi connectivity index (χ0v) is 19.4. The van der Waals surface area contributed by atoms with Crippen molar-refractivity contribution in [3.05, 3.63) is 57.6 Å². The van der Waals surface area contributed by atoms with Crippen molar-refractivity contribution in [2.24, 2.45) is 5.41 Å². The summed E-state index contributed by atoms with van der Waals surface area (Å²) in [5.74, 6) is 1.27. The van der Waals surface area contributed by atoms with Crippen LogP contribution < -0.4 is 15.4 Å². The van der Waals surface area contributed by atoms with Crippen LogP contribution in [0.25, 0.3) is 0 Å². The normalized spacial score (nSPS) is 24.5. The molecule has 0 bridgehead atoms. The molecule has 8 heteroatoms. The summed E-state index contributed by atoms with van der Waals surface area (Å²) >= 11 is 17.6. The summed E-state index contributed by atoms with van der Waals surface area (Å²) in [6.07, 6.45) is 5.87. The zero-order valence-electron chi connectivity index (χ0n) is 17.1. The van der Waals surface area contributed by atoms with Gasteiger partial charge in [0.15, 0.2) is 5.11 Å². The highest BCUT2D eigenvalue weighted by Crippen LogP contribution is 2.55. The number of carbonyl (C=O) groups is 1. The molecule has 2 aliphatic carbocycles. The molecule has 0 saturated heterocycles. The predicted octanol–water partition coefficient (Wildman–Crippen LogP) is 5.58. The van der Waals surface area contributed by atoms with Crippen LogP contribution in [0.4, 0.5) is 0 Å². The van der Waals surface area contributed by atoms with Crippen molar-refractivity contribution in [1.29, 1.82) is 0 Å². The van der Waals surface area contributed by atoms with Crippen molar-refractivity contribution < 1.29 is 14.3 Å². The van der Waals surface area contributed by atoms with Gasteiger partial charge in [-0.25, -0.2) is 0 Å². The molecule has 31 heavy (non-hydrogen) atoms. The molecule has 1 unspecified atom stereocenters. The Morgan fingerprint density at radius 3 is 2.48 bits per heavy atom. The maximum atomic E-state index is 10.9. The number of amides is 1. The molecule has 2 aromatic rings. The van der Waals surface area contributed by atoms with Crippen LogP contribution in [0, 0.1) is 5.41 Å². The van der Waals surface area contributed by atoms with Crippen molar-refractivity contribution in [2.45, 2.75) is 44.2 Å². The Labute approximate surface area is 197 Å². The number of fused-ring (bicyclic) bond motifs is 1. The molecule has 2 N–H and O–H groups in total. The van der Waals surface area contributed by atoms with E-state index in [4.69, 9.17) is 44.9 Å². The van der Waals surface area contributed by atoms with Gasteiger partial charge in [-0.15, -0.1) is 0 Å². The molecule has 1 fully saturated rings. The number of hydrogen-bond acceptors (Lipinski definition) is 4. The van der Waals surface area contributed by atoms with Crippen molar-refractivity contribution in [3.63, 3.8) is 0 Å². The number of thiocarbonyl (C=S) groups is 1. The molecule has 2 aromatic carbocycles. The summed E-state index contributed by atoms with van der Waals surface area (Å²) in [5.41, 5.74) is 2.42. The first-order valence-corrected chi connectivity index (χ1v) is 11.4. The lowest BCUT2D eigenvalue weighted by molar-refractivity contribution is -0.108. The van der Waals surface area contributed by atoms with E-state index in [0.29, 0.717) is 39.2 Å². The fourth-order valence-electron chi connectivity index (χ4n) is 4.93. The lowest BCUT2D eigenvalue weighted by atomic mass is 9.68. The highest BCUT2D eigenvalue weighted by Gasteiger charge is 2.48. The largest absolute Gasteiger partial charge is 0.457 e. The molecule has 1 amide bonds. The number of rotatable bonds is 5. The van der Waals surface area contributed by atoms with Crippen LogP contribution >= 0.6 is 35.4 Å². The Morgan fingerprint density at radius 2 is 1.84 bits per heavy atom. The van der Waals surface area contributed by atoms with Crippen molar-refractivity contribution >= 4 is 46.9 Å². The first kappa shape index (κ1) is 22.3. The maximum Gasteiger partial charge on any atom is 0.213 e. The summed E-state index contributed by atoms with van der Waals surface area (Å²) < 4.78 is 11.6. The molecule has 5 nitrogen and oxygen atoms in total. The van der Waals surface area contributed by atoms with Crippen LogP contribution in [-0.4, -0.2) is 24.7 Å². The van der Waals surface area contributed by atoms with Crippen LogP contribution in [0.15, 0.2) is 36.4 Å². The van der Waals surface area contributed by atoms with Gasteiger partial charge in [-0.1, -0.05) is 29.3 Å². The Kier molecular flexibility index (Phi) is 6.72. The molecular formula is C23H24Cl2N2O3S. The van der Waals surface area contributed by atoms with E-state index in [1.807, 2.05) is 12.1 Å². The summed E-state index contributed by atoms with van der Waals surface area (Å²) in [5, 5.41) is 7.32. The predicted molar refractivity (Wildman–Crippen MR) is 126 cm³/mol. The summed E-state index contributed by atoms with van der Waals surface area (Å²) in [6, 6.07) is 11.2. The first-order valence-electron chi connectivity index (χ1n) is 10.2. The smallest absolute Gasteiger partial charge is 0.213 e.